The van der Waals surface area contributed by atoms with E-state index in [2.05, 4.69) is 222 Å². The van der Waals surface area contributed by atoms with Gasteiger partial charge in [-0.2, -0.15) is 0 Å². The lowest BCUT2D eigenvalue weighted by molar-refractivity contribution is 1.19. The van der Waals surface area contributed by atoms with E-state index in [0.717, 1.165) is 38.8 Å². The molecule has 0 radical (unpaired) electrons. The molecule has 0 aliphatic heterocycles. The standard InChI is InChI=1S/C55H35N3S/c1-3-15-39(16-4-1)55-56-50-24-13-23-44(54(50)59-55)37-28-31-41(32-29-37)57(42-33-30-38-27-26-36-14-7-8-19-43(36)48(38)34-42)52-35-49-46-21-11-12-25-51(46)58(40-17-5-2-6-18-40)53(49)47-22-10-9-20-45(47)52/h1-35H. The molecule has 0 saturated heterocycles. The summed E-state index contributed by atoms with van der Waals surface area (Å²) in [7, 11) is 0. The highest BCUT2D eigenvalue weighted by Gasteiger charge is 2.22. The minimum absolute atomic E-state index is 1.02. The van der Waals surface area contributed by atoms with Gasteiger partial charge in [-0.15, -0.1) is 11.3 Å². The summed E-state index contributed by atoms with van der Waals surface area (Å²) in [6, 6.07) is 77.0. The molecule has 4 heteroatoms. The van der Waals surface area contributed by atoms with Crippen LogP contribution in [0, 0.1) is 0 Å². The molecule has 12 rings (SSSR count). The maximum atomic E-state index is 5.05. The first-order chi connectivity index (χ1) is 29.3. The topological polar surface area (TPSA) is 21.1 Å². The first kappa shape index (κ1) is 33.6. The monoisotopic (exact) mass is 769 g/mol. The van der Waals surface area contributed by atoms with Gasteiger partial charge in [0.15, 0.2) is 0 Å². The molecule has 2 heterocycles. The average molecular weight is 770 g/mol. The van der Waals surface area contributed by atoms with Crippen LogP contribution in [-0.2, 0) is 0 Å². The molecule has 12 aromatic rings. The van der Waals surface area contributed by atoms with Gasteiger partial charge in [0.25, 0.3) is 0 Å². The van der Waals surface area contributed by atoms with E-state index < -0.39 is 0 Å². The molecule has 0 unspecified atom stereocenters. The number of nitrogens with zero attached hydrogens (tertiary/aromatic N) is 3. The Kier molecular flexibility index (Phi) is 7.72. The van der Waals surface area contributed by atoms with Crippen molar-refractivity contribution in [3.05, 3.63) is 212 Å². The zero-order chi connectivity index (χ0) is 38.9. The van der Waals surface area contributed by atoms with Crippen LogP contribution in [0.25, 0.3) is 91.7 Å². The summed E-state index contributed by atoms with van der Waals surface area (Å²) in [6.45, 7) is 0. The van der Waals surface area contributed by atoms with Crippen molar-refractivity contribution in [2.24, 2.45) is 0 Å². The summed E-state index contributed by atoms with van der Waals surface area (Å²) in [5, 5.41) is 10.8. The van der Waals surface area contributed by atoms with Crippen LogP contribution in [0.5, 0.6) is 0 Å². The van der Waals surface area contributed by atoms with E-state index in [1.807, 2.05) is 0 Å². The molecule has 0 atom stereocenters. The van der Waals surface area contributed by atoms with E-state index in [4.69, 9.17) is 4.98 Å². The van der Waals surface area contributed by atoms with Crippen LogP contribution in [0.4, 0.5) is 17.1 Å². The zero-order valence-electron chi connectivity index (χ0n) is 32.0. The predicted molar refractivity (Wildman–Crippen MR) is 252 cm³/mol. The Morgan fingerprint density at radius 3 is 1.88 bits per heavy atom. The fourth-order valence-electron chi connectivity index (χ4n) is 9.06. The van der Waals surface area contributed by atoms with Gasteiger partial charge in [0.1, 0.15) is 5.01 Å². The summed E-state index contributed by atoms with van der Waals surface area (Å²) in [5.41, 5.74) is 11.4. The third-order valence-electron chi connectivity index (χ3n) is 11.8. The summed E-state index contributed by atoms with van der Waals surface area (Å²) in [4.78, 5) is 7.51. The molecule has 276 valence electrons. The van der Waals surface area contributed by atoms with Crippen molar-refractivity contribution in [3.63, 3.8) is 0 Å². The van der Waals surface area contributed by atoms with Gasteiger partial charge < -0.3 is 9.47 Å². The number of benzene rings is 10. The Hall–Kier alpha value is -7.53. The molecule has 0 saturated carbocycles. The highest BCUT2D eigenvalue weighted by Crippen LogP contribution is 2.47. The highest BCUT2D eigenvalue weighted by atomic mass is 32.1. The molecule has 0 bridgehead atoms. The number of rotatable bonds is 6. The average Bonchev–Trinajstić information content (AvgIpc) is 3.90. The SMILES string of the molecule is c1ccc(-c2nc3cccc(-c4ccc(N(c5ccc6ccc7ccccc7c6c5)c5cc6c7ccccc7n(-c7ccccc7)c6c6ccccc56)cc4)c3s2)cc1. The molecule has 0 aliphatic carbocycles. The van der Waals surface area contributed by atoms with E-state index in [-0.39, 0.29) is 0 Å². The first-order valence-corrected chi connectivity index (χ1v) is 20.9. The second-order valence-electron chi connectivity index (χ2n) is 15.1. The van der Waals surface area contributed by atoms with Gasteiger partial charge in [-0.25, -0.2) is 4.98 Å². The maximum Gasteiger partial charge on any atom is 0.124 e. The summed E-state index contributed by atoms with van der Waals surface area (Å²) in [5.74, 6) is 0. The first-order valence-electron chi connectivity index (χ1n) is 20.0. The van der Waals surface area contributed by atoms with Crippen molar-refractivity contribution in [3.8, 4) is 27.4 Å². The number of hydrogen-bond donors (Lipinski definition) is 0. The Bertz CT molecular complexity index is 3550. The Balaban J connectivity index is 1.10. The molecule has 0 fully saturated rings. The Morgan fingerprint density at radius 2 is 1.07 bits per heavy atom. The maximum absolute atomic E-state index is 5.05. The van der Waals surface area contributed by atoms with Crippen LogP contribution in [0.1, 0.15) is 0 Å². The fraction of sp³-hybridized carbons (Fsp3) is 0. The van der Waals surface area contributed by atoms with E-state index in [0.29, 0.717) is 0 Å². The van der Waals surface area contributed by atoms with E-state index >= 15 is 0 Å². The van der Waals surface area contributed by atoms with Crippen LogP contribution in [0.3, 0.4) is 0 Å². The molecule has 10 aromatic carbocycles. The van der Waals surface area contributed by atoms with Crippen molar-refractivity contribution in [1.82, 2.24) is 9.55 Å². The van der Waals surface area contributed by atoms with Gasteiger partial charge in [-0.05, 0) is 81.7 Å². The Morgan fingerprint density at radius 1 is 0.424 bits per heavy atom. The van der Waals surface area contributed by atoms with Gasteiger partial charge in [-0.1, -0.05) is 158 Å². The molecule has 0 spiro atoms. The number of thiazole rings is 1. The normalized spacial score (nSPS) is 11.7. The van der Waals surface area contributed by atoms with Crippen molar-refractivity contribution in [2.75, 3.05) is 4.90 Å². The molecule has 0 aliphatic rings. The van der Waals surface area contributed by atoms with Gasteiger partial charge in [0, 0.05) is 49.7 Å². The summed E-state index contributed by atoms with van der Waals surface area (Å²) in [6.07, 6.45) is 0. The van der Waals surface area contributed by atoms with Gasteiger partial charge in [0.05, 0.1) is 26.9 Å². The number of aromatic nitrogens is 2. The van der Waals surface area contributed by atoms with Gasteiger partial charge in [0.2, 0.25) is 0 Å². The summed E-state index contributed by atoms with van der Waals surface area (Å²) < 4.78 is 3.63. The van der Waals surface area contributed by atoms with Crippen molar-refractivity contribution in [2.45, 2.75) is 0 Å². The lowest BCUT2D eigenvalue weighted by atomic mass is 9.99. The third-order valence-corrected chi connectivity index (χ3v) is 12.9. The second kappa shape index (κ2) is 13.6. The minimum atomic E-state index is 1.02. The van der Waals surface area contributed by atoms with Crippen LogP contribution in [0.2, 0.25) is 0 Å². The Labute approximate surface area is 345 Å². The molecule has 0 N–H and O–H groups in total. The zero-order valence-corrected chi connectivity index (χ0v) is 32.8. The largest absolute Gasteiger partial charge is 0.310 e. The minimum Gasteiger partial charge on any atom is -0.310 e. The predicted octanol–water partition coefficient (Wildman–Crippen LogP) is 15.7. The van der Waals surface area contributed by atoms with Crippen molar-refractivity contribution >= 4 is 92.7 Å². The molecular formula is C55H35N3S. The molecule has 59 heavy (non-hydrogen) atoms. The molecular weight excluding hydrogens is 735 g/mol. The van der Waals surface area contributed by atoms with Crippen molar-refractivity contribution in [1.29, 1.82) is 0 Å². The number of para-hydroxylation sites is 2. The fourth-order valence-corrected chi connectivity index (χ4v) is 10.2. The third kappa shape index (κ3) is 5.45. The molecule has 0 amide bonds. The van der Waals surface area contributed by atoms with Crippen LogP contribution < -0.4 is 4.90 Å². The van der Waals surface area contributed by atoms with Crippen LogP contribution in [0.15, 0.2) is 212 Å². The van der Waals surface area contributed by atoms with E-state index in [1.165, 1.54) is 70.0 Å². The van der Waals surface area contributed by atoms with Crippen molar-refractivity contribution < 1.29 is 0 Å². The smallest absolute Gasteiger partial charge is 0.124 e. The van der Waals surface area contributed by atoms with E-state index in [9.17, 15) is 0 Å². The quantitative estimate of drug-likeness (QED) is 0.157. The lowest BCUT2D eigenvalue weighted by Crippen LogP contribution is -2.11. The summed E-state index contributed by atoms with van der Waals surface area (Å²) >= 11 is 1.76. The van der Waals surface area contributed by atoms with Crippen LogP contribution in [-0.4, -0.2) is 9.55 Å². The molecule has 2 aromatic heterocycles. The van der Waals surface area contributed by atoms with Crippen LogP contribution >= 0.6 is 11.3 Å². The second-order valence-corrected chi connectivity index (χ2v) is 16.1. The van der Waals surface area contributed by atoms with E-state index in [1.54, 1.807) is 11.3 Å². The highest BCUT2D eigenvalue weighted by molar-refractivity contribution is 7.22. The van der Waals surface area contributed by atoms with Gasteiger partial charge >= 0.3 is 0 Å². The number of fused-ring (bicyclic) bond motifs is 9. The molecule has 3 nitrogen and oxygen atoms in total. The van der Waals surface area contributed by atoms with Gasteiger partial charge in [-0.3, -0.25) is 0 Å². The lowest BCUT2D eigenvalue weighted by Gasteiger charge is -2.28. The number of hydrogen-bond acceptors (Lipinski definition) is 3. The number of anilines is 3.